The highest BCUT2D eigenvalue weighted by Gasteiger charge is 2.60. The molecule has 2 amide bonds. The van der Waals surface area contributed by atoms with Gasteiger partial charge in [0.2, 0.25) is 5.54 Å². The normalized spacial score (nSPS) is 15.3. The number of carbonyl (C=O) groups is 2. The van der Waals surface area contributed by atoms with Crippen LogP contribution in [0.5, 0.6) is 0 Å². The zero-order valence-corrected chi connectivity index (χ0v) is 18.6. The number of amides is 2. The van der Waals surface area contributed by atoms with E-state index < -0.39 is 22.3 Å². The summed E-state index contributed by atoms with van der Waals surface area (Å²) in [4.78, 5) is 38.7. The smallest absolute Gasteiger partial charge is 0.269 e. The molecule has 34 heavy (non-hydrogen) atoms. The summed E-state index contributed by atoms with van der Waals surface area (Å²) in [6, 6.07) is 23.5. The highest BCUT2D eigenvalue weighted by Crippen LogP contribution is 2.40. The Morgan fingerprint density at radius 2 is 1.32 bits per heavy atom. The summed E-state index contributed by atoms with van der Waals surface area (Å²) in [6.45, 7) is 1.95. The topological polar surface area (TPSA) is 108 Å². The lowest BCUT2D eigenvalue weighted by atomic mass is 9.92. The largest absolute Gasteiger partial charge is 0.296 e. The molecule has 1 aliphatic heterocycles. The van der Waals surface area contributed by atoms with Crippen LogP contribution >= 0.6 is 0 Å². The molecule has 1 saturated heterocycles. The van der Waals surface area contributed by atoms with Crippen LogP contribution in [0.3, 0.4) is 0 Å². The Bertz CT molecular complexity index is 1170. The molecular weight excluding hydrogens is 434 g/mol. The number of hydrogen-bond donors (Lipinski definition) is 0. The van der Waals surface area contributed by atoms with E-state index in [1.165, 1.54) is 28.2 Å². The number of para-hydroxylation sites is 3. The van der Waals surface area contributed by atoms with Crippen molar-refractivity contribution in [3.63, 3.8) is 0 Å². The van der Waals surface area contributed by atoms with E-state index >= 15 is 0 Å². The number of benzene rings is 3. The van der Waals surface area contributed by atoms with Crippen molar-refractivity contribution in [3.05, 3.63) is 95.0 Å². The van der Waals surface area contributed by atoms with Gasteiger partial charge in [-0.3, -0.25) is 19.7 Å². The lowest BCUT2D eigenvalue weighted by Crippen LogP contribution is -2.42. The van der Waals surface area contributed by atoms with Crippen molar-refractivity contribution >= 4 is 34.6 Å². The maximum Gasteiger partial charge on any atom is 0.296 e. The number of hydrogen-bond acceptors (Lipinski definition) is 6. The monoisotopic (exact) mass is 457 g/mol. The molecule has 1 heterocycles. The summed E-state index contributed by atoms with van der Waals surface area (Å²) in [5, 5.41) is 22.4. The van der Waals surface area contributed by atoms with Crippen LogP contribution in [0.15, 0.2) is 95.2 Å². The van der Waals surface area contributed by atoms with E-state index in [2.05, 4.69) is 10.2 Å². The number of anilines is 2. The fourth-order valence-electron chi connectivity index (χ4n) is 3.85. The molecule has 172 valence electrons. The average Bonchev–Trinajstić information content (AvgIpc) is 3.09. The van der Waals surface area contributed by atoms with Crippen LogP contribution in [0.4, 0.5) is 22.7 Å². The van der Waals surface area contributed by atoms with Gasteiger partial charge in [0.25, 0.3) is 17.5 Å². The van der Waals surface area contributed by atoms with Crippen molar-refractivity contribution in [3.8, 4) is 0 Å². The standard InChI is InChI=1S/C25H23N5O4/c1-2-3-18-25(27-26-21-16-10-11-17-22(21)30(33)34)23(31)28(19-12-6-4-7-13-19)29(24(25)32)20-14-8-5-9-15-20/h4-17H,2-3,18H2,1H3. The zero-order chi connectivity index (χ0) is 24.1. The minimum absolute atomic E-state index is 0.0200. The number of carbonyl (C=O) groups excluding carboxylic acids is 2. The van der Waals surface area contributed by atoms with Crippen molar-refractivity contribution in [2.45, 2.75) is 31.7 Å². The van der Waals surface area contributed by atoms with Crippen molar-refractivity contribution in [1.29, 1.82) is 0 Å². The minimum atomic E-state index is -1.84. The lowest BCUT2D eigenvalue weighted by Gasteiger charge is -2.27. The SMILES string of the molecule is CCCCC1(N=Nc2ccccc2[N+](=O)[O-])C(=O)N(c2ccccc2)N(c2ccccc2)C1=O. The molecule has 0 bridgehead atoms. The van der Waals surface area contributed by atoms with Crippen molar-refractivity contribution in [1.82, 2.24) is 0 Å². The van der Waals surface area contributed by atoms with E-state index in [9.17, 15) is 19.7 Å². The number of nitro groups is 1. The van der Waals surface area contributed by atoms with Gasteiger partial charge in [0, 0.05) is 6.07 Å². The Balaban J connectivity index is 1.87. The van der Waals surface area contributed by atoms with Crippen molar-refractivity contribution in [2.75, 3.05) is 10.0 Å². The zero-order valence-electron chi connectivity index (χ0n) is 18.6. The fourth-order valence-corrected chi connectivity index (χ4v) is 3.85. The summed E-state index contributed by atoms with van der Waals surface area (Å²) in [5.41, 5.74) is -1.11. The Morgan fingerprint density at radius 3 is 1.82 bits per heavy atom. The van der Waals surface area contributed by atoms with Gasteiger partial charge < -0.3 is 0 Å². The first-order valence-electron chi connectivity index (χ1n) is 10.9. The van der Waals surface area contributed by atoms with Crippen molar-refractivity contribution in [2.24, 2.45) is 10.2 Å². The first kappa shape index (κ1) is 22.8. The summed E-state index contributed by atoms with van der Waals surface area (Å²) in [5.74, 6) is -1.10. The van der Waals surface area contributed by atoms with Gasteiger partial charge in [-0.25, -0.2) is 10.0 Å². The van der Waals surface area contributed by atoms with Gasteiger partial charge in [-0.15, -0.1) is 5.11 Å². The maximum absolute atomic E-state index is 13.9. The van der Waals surface area contributed by atoms with Crippen LogP contribution in [-0.2, 0) is 9.59 Å². The predicted molar refractivity (Wildman–Crippen MR) is 128 cm³/mol. The van der Waals surface area contributed by atoms with Crippen LogP contribution < -0.4 is 10.0 Å². The molecule has 3 aromatic carbocycles. The number of unbranched alkanes of at least 4 members (excludes halogenated alkanes) is 1. The van der Waals surface area contributed by atoms with E-state index in [1.807, 2.05) is 19.1 Å². The Morgan fingerprint density at radius 1 is 0.824 bits per heavy atom. The quantitative estimate of drug-likeness (QED) is 0.190. The van der Waals surface area contributed by atoms with Crippen molar-refractivity contribution < 1.29 is 14.5 Å². The van der Waals surface area contributed by atoms with E-state index in [0.717, 1.165) is 6.42 Å². The molecule has 4 rings (SSSR count). The molecule has 1 fully saturated rings. The molecule has 0 unspecified atom stereocenters. The highest BCUT2D eigenvalue weighted by molar-refractivity contribution is 6.29. The predicted octanol–water partition coefficient (Wildman–Crippen LogP) is 5.60. The Labute approximate surface area is 196 Å². The molecule has 0 atom stereocenters. The molecular formula is C25H23N5O4. The van der Waals surface area contributed by atoms with Gasteiger partial charge in [0.05, 0.1) is 16.3 Å². The fraction of sp³-hybridized carbons (Fsp3) is 0.200. The van der Waals surface area contributed by atoms with E-state index in [-0.39, 0.29) is 17.8 Å². The maximum atomic E-state index is 13.9. The first-order chi connectivity index (χ1) is 16.5. The highest BCUT2D eigenvalue weighted by atomic mass is 16.6. The second kappa shape index (κ2) is 9.62. The summed E-state index contributed by atoms with van der Waals surface area (Å²) >= 11 is 0. The lowest BCUT2D eigenvalue weighted by molar-refractivity contribution is -0.384. The van der Waals surface area contributed by atoms with E-state index in [1.54, 1.807) is 54.6 Å². The number of nitrogens with zero attached hydrogens (tertiary/aromatic N) is 5. The van der Waals surface area contributed by atoms with Gasteiger partial charge in [-0.2, -0.15) is 5.11 Å². The number of hydrazine groups is 1. The molecule has 0 aliphatic carbocycles. The third kappa shape index (κ3) is 4.03. The molecule has 9 nitrogen and oxygen atoms in total. The minimum Gasteiger partial charge on any atom is -0.269 e. The molecule has 0 spiro atoms. The average molecular weight is 457 g/mol. The van der Waals surface area contributed by atoms with Gasteiger partial charge in [-0.1, -0.05) is 68.3 Å². The van der Waals surface area contributed by atoms with Crippen LogP contribution in [0.1, 0.15) is 26.2 Å². The molecule has 0 saturated carbocycles. The van der Waals surface area contributed by atoms with E-state index in [4.69, 9.17) is 0 Å². The van der Waals surface area contributed by atoms with Gasteiger partial charge in [0.1, 0.15) is 0 Å². The van der Waals surface area contributed by atoms with Crippen LogP contribution in [0.2, 0.25) is 0 Å². The van der Waals surface area contributed by atoms with Gasteiger partial charge >= 0.3 is 0 Å². The van der Waals surface area contributed by atoms with Crippen LogP contribution in [0.25, 0.3) is 0 Å². The molecule has 3 aromatic rings. The molecule has 9 heteroatoms. The molecule has 1 aliphatic rings. The number of azo groups is 1. The van der Waals surface area contributed by atoms with Crippen LogP contribution in [-0.4, -0.2) is 22.3 Å². The van der Waals surface area contributed by atoms with Gasteiger partial charge in [0.15, 0.2) is 5.69 Å². The second-order valence-corrected chi connectivity index (χ2v) is 7.81. The van der Waals surface area contributed by atoms with E-state index in [0.29, 0.717) is 17.8 Å². The Kier molecular flexibility index (Phi) is 6.44. The number of rotatable bonds is 8. The molecule has 0 radical (unpaired) electrons. The summed E-state index contributed by atoms with van der Waals surface area (Å²) in [6.07, 6.45) is 1.39. The second-order valence-electron chi connectivity index (χ2n) is 7.81. The van der Waals surface area contributed by atoms with Crippen LogP contribution in [0, 0.1) is 10.1 Å². The summed E-state index contributed by atoms with van der Waals surface area (Å²) < 4.78 is 0. The molecule has 0 N–H and O–H groups in total. The third-order valence-electron chi connectivity index (χ3n) is 5.59. The van der Waals surface area contributed by atoms with Gasteiger partial charge in [-0.05, 0) is 36.8 Å². The molecule has 0 aromatic heterocycles. The first-order valence-corrected chi connectivity index (χ1v) is 10.9. The third-order valence-corrected chi connectivity index (χ3v) is 5.59. The summed E-state index contributed by atoms with van der Waals surface area (Å²) in [7, 11) is 0. The number of nitro benzene ring substituents is 1. The Hall–Kier alpha value is -4.40.